The number of anilines is 2. The van der Waals surface area contributed by atoms with Crippen molar-refractivity contribution in [1.29, 1.82) is 0 Å². The molecule has 6 nitrogen and oxygen atoms in total. The van der Waals surface area contributed by atoms with Gasteiger partial charge >= 0.3 is 6.18 Å². The lowest BCUT2D eigenvalue weighted by Gasteiger charge is -2.15. The predicted molar refractivity (Wildman–Crippen MR) is 76.9 cm³/mol. The van der Waals surface area contributed by atoms with E-state index < -0.39 is 21.8 Å². The zero-order valence-corrected chi connectivity index (χ0v) is 12.6. The number of nitrogens with two attached hydrogens (primary N) is 1. The molecule has 1 aromatic heterocycles. The highest BCUT2D eigenvalue weighted by Crippen LogP contribution is 2.38. The second kappa shape index (κ2) is 6.05. The standard InChI is InChI=1S/C13H12F3N3O3S/c1-22-10-5-4-8(7-9(10)13(14,15)16)19-12-11(23(17,20)21)3-2-6-18-12/h2-7H,1H3,(H,18,19)(H2,17,20,21). The van der Waals surface area contributed by atoms with Crippen molar-refractivity contribution in [2.45, 2.75) is 11.1 Å². The topological polar surface area (TPSA) is 94.3 Å². The minimum Gasteiger partial charge on any atom is -0.496 e. The summed E-state index contributed by atoms with van der Waals surface area (Å²) < 4.78 is 66.6. The molecule has 10 heteroatoms. The highest BCUT2D eigenvalue weighted by atomic mass is 32.2. The Balaban J connectivity index is 2.47. The number of aromatic nitrogens is 1. The van der Waals surface area contributed by atoms with Crippen molar-refractivity contribution in [3.63, 3.8) is 0 Å². The molecule has 23 heavy (non-hydrogen) atoms. The molecule has 0 bridgehead atoms. The summed E-state index contributed by atoms with van der Waals surface area (Å²) in [5.41, 5.74) is -1.01. The van der Waals surface area contributed by atoms with Crippen molar-refractivity contribution < 1.29 is 26.3 Å². The van der Waals surface area contributed by atoms with Crippen LogP contribution < -0.4 is 15.2 Å². The van der Waals surface area contributed by atoms with Crippen LogP contribution >= 0.6 is 0 Å². The Morgan fingerprint density at radius 1 is 1.26 bits per heavy atom. The predicted octanol–water partition coefficient (Wildman–Crippen LogP) is 2.50. The van der Waals surface area contributed by atoms with Crippen molar-refractivity contribution in [3.05, 3.63) is 42.1 Å². The van der Waals surface area contributed by atoms with Crippen LogP contribution in [0, 0.1) is 0 Å². The van der Waals surface area contributed by atoms with Gasteiger partial charge in [0, 0.05) is 11.9 Å². The molecule has 1 aromatic carbocycles. The minimum atomic E-state index is -4.63. The fraction of sp³-hybridized carbons (Fsp3) is 0.154. The number of ether oxygens (including phenoxy) is 1. The first-order valence-electron chi connectivity index (χ1n) is 6.13. The maximum atomic E-state index is 13.0. The van der Waals surface area contributed by atoms with Gasteiger partial charge in [0.1, 0.15) is 10.6 Å². The maximum Gasteiger partial charge on any atom is 0.420 e. The average molecular weight is 347 g/mol. The molecular formula is C13H12F3N3O3S. The molecule has 3 N–H and O–H groups in total. The fourth-order valence-electron chi connectivity index (χ4n) is 1.86. The van der Waals surface area contributed by atoms with Crippen LogP contribution in [0.2, 0.25) is 0 Å². The van der Waals surface area contributed by atoms with Gasteiger partial charge in [0.05, 0.1) is 12.7 Å². The highest BCUT2D eigenvalue weighted by molar-refractivity contribution is 7.89. The quantitative estimate of drug-likeness (QED) is 0.886. The zero-order chi connectivity index (χ0) is 17.3. The summed E-state index contributed by atoms with van der Waals surface area (Å²) in [5, 5.41) is 7.57. The largest absolute Gasteiger partial charge is 0.496 e. The third-order valence-corrected chi connectivity index (χ3v) is 3.79. The minimum absolute atomic E-state index is 0.0123. The zero-order valence-electron chi connectivity index (χ0n) is 11.8. The lowest BCUT2D eigenvalue weighted by molar-refractivity contribution is -0.138. The number of hydrogen-bond donors (Lipinski definition) is 2. The summed E-state index contributed by atoms with van der Waals surface area (Å²) in [6.07, 6.45) is -3.35. The summed E-state index contributed by atoms with van der Waals surface area (Å²) in [5.74, 6) is -0.524. The maximum absolute atomic E-state index is 13.0. The molecule has 0 spiro atoms. The summed E-state index contributed by atoms with van der Waals surface area (Å²) in [7, 11) is -2.96. The van der Waals surface area contributed by atoms with Crippen LogP contribution in [-0.2, 0) is 16.2 Å². The Labute approximate surface area is 130 Å². The van der Waals surface area contributed by atoms with E-state index in [0.717, 1.165) is 19.2 Å². The fourth-order valence-corrected chi connectivity index (χ4v) is 2.50. The number of hydrogen-bond acceptors (Lipinski definition) is 5. The van der Waals surface area contributed by atoms with Gasteiger partial charge in [-0.1, -0.05) is 0 Å². The van der Waals surface area contributed by atoms with Crippen LogP contribution in [0.3, 0.4) is 0 Å². The number of nitrogens with zero attached hydrogens (tertiary/aromatic N) is 1. The van der Waals surface area contributed by atoms with Crippen LogP contribution in [0.1, 0.15) is 5.56 Å². The smallest absolute Gasteiger partial charge is 0.420 e. The number of primary sulfonamides is 1. The third kappa shape index (κ3) is 3.90. The van der Waals surface area contributed by atoms with Crippen LogP contribution in [0.15, 0.2) is 41.4 Å². The third-order valence-electron chi connectivity index (χ3n) is 2.84. The average Bonchev–Trinajstić information content (AvgIpc) is 2.46. The Kier molecular flexibility index (Phi) is 4.48. The lowest BCUT2D eigenvalue weighted by Crippen LogP contribution is -2.15. The number of benzene rings is 1. The molecule has 0 aliphatic rings. The highest BCUT2D eigenvalue weighted by Gasteiger charge is 2.34. The van der Waals surface area contributed by atoms with Gasteiger partial charge in [-0.25, -0.2) is 18.5 Å². The van der Waals surface area contributed by atoms with Gasteiger partial charge < -0.3 is 10.1 Å². The second-order valence-electron chi connectivity index (χ2n) is 4.43. The molecule has 0 amide bonds. The van der Waals surface area contributed by atoms with Gasteiger partial charge in [-0.3, -0.25) is 0 Å². The summed E-state index contributed by atoms with van der Waals surface area (Å²) in [4.78, 5) is 3.46. The molecule has 0 fully saturated rings. The van der Waals surface area contributed by atoms with Gasteiger partial charge in [-0.05, 0) is 30.3 Å². The van der Waals surface area contributed by atoms with Crippen LogP contribution in [0.5, 0.6) is 5.75 Å². The SMILES string of the molecule is COc1ccc(Nc2ncccc2S(N)(=O)=O)cc1C(F)(F)F. The van der Waals surface area contributed by atoms with Crippen molar-refractivity contribution >= 4 is 21.5 Å². The van der Waals surface area contributed by atoms with E-state index in [9.17, 15) is 21.6 Å². The van der Waals surface area contributed by atoms with Gasteiger partial charge in [0.2, 0.25) is 10.0 Å². The normalized spacial score (nSPS) is 12.0. The molecule has 0 saturated heterocycles. The van der Waals surface area contributed by atoms with Gasteiger partial charge in [-0.2, -0.15) is 13.2 Å². The Bertz CT molecular complexity index is 823. The Hall–Kier alpha value is -2.33. The molecule has 2 aromatic rings. The molecule has 0 atom stereocenters. The summed E-state index contributed by atoms with van der Waals surface area (Å²) in [6.45, 7) is 0. The van der Waals surface area contributed by atoms with Gasteiger partial charge in [0.15, 0.2) is 5.82 Å². The molecule has 2 rings (SSSR count). The Morgan fingerprint density at radius 2 is 1.96 bits per heavy atom. The molecule has 0 aliphatic carbocycles. The van der Waals surface area contributed by atoms with Gasteiger partial charge in [0.25, 0.3) is 0 Å². The monoisotopic (exact) mass is 347 g/mol. The van der Waals surface area contributed by atoms with E-state index in [-0.39, 0.29) is 22.2 Å². The number of nitrogens with one attached hydrogen (secondary N) is 1. The first kappa shape index (κ1) is 17.0. The van der Waals surface area contributed by atoms with Gasteiger partial charge in [-0.15, -0.1) is 0 Å². The first-order chi connectivity index (χ1) is 10.6. The molecule has 0 aliphatic heterocycles. The number of rotatable bonds is 4. The van der Waals surface area contributed by atoms with Crippen LogP contribution in [-0.4, -0.2) is 20.5 Å². The number of halogens is 3. The van der Waals surface area contributed by atoms with E-state index in [1.54, 1.807) is 0 Å². The van der Waals surface area contributed by atoms with E-state index in [1.165, 1.54) is 24.4 Å². The first-order valence-corrected chi connectivity index (χ1v) is 7.67. The molecule has 0 unspecified atom stereocenters. The number of methoxy groups -OCH3 is 1. The molecule has 124 valence electrons. The summed E-state index contributed by atoms with van der Waals surface area (Å²) >= 11 is 0. The molecule has 0 radical (unpaired) electrons. The molecule has 0 saturated carbocycles. The van der Waals surface area contributed by atoms with Crippen molar-refractivity contribution in [1.82, 2.24) is 4.98 Å². The Morgan fingerprint density at radius 3 is 2.52 bits per heavy atom. The second-order valence-corrected chi connectivity index (χ2v) is 5.96. The van der Waals surface area contributed by atoms with Crippen LogP contribution in [0.25, 0.3) is 0 Å². The number of pyridine rings is 1. The lowest BCUT2D eigenvalue weighted by atomic mass is 10.1. The summed E-state index contributed by atoms with van der Waals surface area (Å²) in [6, 6.07) is 5.75. The molecule has 1 heterocycles. The van der Waals surface area contributed by atoms with Crippen molar-refractivity contribution in [2.75, 3.05) is 12.4 Å². The van der Waals surface area contributed by atoms with E-state index in [0.29, 0.717) is 0 Å². The molecular weight excluding hydrogens is 335 g/mol. The van der Waals surface area contributed by atoms with Crippen LogP contribution in [0.4, 0.5) is 24.7 Å². The van der Waals surface area contributed by atoms with E-state index in [1.807, 2.05) is 0 Å². The number of sulfonamides is 1. The number of alkyl halides is 3. The van der Waals surface area contributed by atoms with E-state index >= 15 is 0 Å². The van der Waals surface area contributed by atoms with Crippen molar-refractivity contribution in [3.8, 4) is 5.75 Å². The van der Waals surface area contributed by atoms with E-state index in [2.05, 4.69) is 15.0 Å². The van der Waals surface area contributed by atoms with Crippen molar-refractivity contribution in [2.24, 2.45) is 5.14 Å². The van der Waals surface area contributed by atoms with E-state index in [4.69, 9.17) is 5.14 Å².